The number of nitrogens with zero attached hydrogens (tertiary/aromatic N) is 3. The molecule has 1 aromatic heterocycles. The van der Waals surface area contributed by atoms with Gasteiger partial charge in [-0.05, 0) is 24.4 Å². The van der Waals surface area contributed by atoms with E-state index in [2.05, 4.69) is 21.7 Å². The van der Waals surface area contributed by atoms with E-state index in [1.54, 1.807) is 12.1 Å². The average molecular weight is 249 g/mol. The van der Waals surface area contributed by atoms with Crippen molar-refractivity contribution in [3.63, 3.8) is 0 Å². The van der Waals surface area contributed by atoms with Crippen LogP contribution in [-0.4, -0.2) is 16.7 Å². The van der Waals surface area contributed by atoms with Crippen LogP contribution in [0, 0.1) is 11.6 Å². The zero-order valence-electron chi connectivity index (χ0n) is 9.31. The summed E-state index contributed by atoms with van der Waals surface area (Å²) < 4.78 is 30.9. The van der Waals surface area contributed by atoms with Gasteiger partial charge in [0.25, 0.3) is 0 Å². The van der Waals surface area contributed by atoms with Crippen LogP contribution in [0.3, 0.4) is 0 Å². The van der Waals surface area contributed by atoms with Crippen molar-refractivity contribution in [1.82, 2.24) is 9.97 Å². The molecule has 0 amide bonds. The van der Waals surface area contributed by atoms with Crippen LogP contribution in [0.1, 0.15) is 5.56 Å². The minimum absolute atomic E-state index is 0.0110. The van der Waals surface area contributed by atoms with Crippen molar-refractivity contribution in [2.45, 2.75) is 6.61 Å². The summed E-state index contributed by atoms with van der Waals surface area (Å²) in [5, 5.41) is 0. The Morgan fingerprint density at radius 3 is 2.61 bits per heavy atom. The molecule has 0 spiro atoms. The van der Waals surface area contributed by atoms with Crippen molar-refractivity contribution < 1.29 is 13.5 Å². The van der Waals surface area contributed by atoms with E-state index < -0.39 is 5.82 Å². The molecule has 1 aromatic carbocycles. The lowest BCUT2D eigenvalue weighted by molar-refractivity contribution is 0.279. The van der Waals surface area contributed by atoms with E-state index in [0.717, 1.165) is 11.8 Å². The highest BCUT2D eigenvalue weighted by molar-refractivity contribution is 5.40. The van der Waals surface area contributed by atoms with E-state index in [-0.39, 0.29) is 24.3 Å². The smallest absolute Gasteiger partial charge is 0.318 e. The number of hydrogen-bond donors (Lipinski definition) is 0. The molecule has 0 N–H and O–H groups in total. The first-order valence-electron chi connectivity index (χ1n) is 5.05. The van der Waals surface area contributed by atoms with E-state index in [0.29, 0.717) is 0 Å². The zero-order valence-corrected chi connectivity index (χ0v) is 9.31. The Hall–Kier alpha value is -2.37. The summed E-state index contributed by atoms with van der Waals surface area (Å²) in [6.07, 6.45) is 0.955. The van der Waals surface area contributed by atoms with Gasteiger partial charge in [0.1, 0.15) is 12.4 Å². The van der Waals surface area contributed by atoms with Gasteiger partial charge in [0.15, 0.2) is 11.6 Å². The summed E-state index contributed by atoms with van der Waals surface area (Å²) in [7, 11) is 0. The van der Waals surface area contributed by atoms with Crippen LogP contribution in [-0.2, 0) is 6.61 Å². The number of ether oxygens (including phenoxy) is 1. The van der Waals surface area contributed by atoms with Crippen molar-refractivity contribution in [1.29, 1.82) is 0 Å². The maximum Gasteiger partial charge on any atom is 0.318 e. The molecule has 0 unspecified atom stereocenters. The molecule has 2 rings (SSSR count). The maximum absolute atomic E-state index is 13.0. The quantitative estimate of drug-likeness (QED) is 0.782. The predicted octanol–water partition coefficient (Wildman–Crippen LogP) is 2.67. The number of rotatable bonds is 4. The topological polar surface area (TPSA) is 47.4 Å². The van der Waals surface area contributed by atoms with Gasteiger partial charge in [-0.3, -0.25) is 0 Å². The highest BCUT2D eigenvalue weighted by atomic mass is 19.1. The second kappa shape index (κ2) is 5.31. The van der Waals surface area contributed by atoms with E-state index in [9.17, 15) is 8.78 Å². The van der Waals surface area contributed by atoms with Crippen LogP contribution in [0.2, 0.25) is 0 Å². The molecular weight excluding hydrogens is 240 g/mol. The molecule has 0 atom stereocenters. The Kier molecular flexibility index (Phi) is 3.57. The Balaban J connectivity index is 2.06. The van der Waals surface area contributed by atoms with E-state index in [1.165, 1.54) is 12.1 Å². The zero-order chi connectivity index (χ0) is 13.0. The minimum atomic E-state index is -0.667. The minimum Gasteiger partial charge on any atom is -0.459 e. The Morgan fingerprint density at radius 2 is 1.94 bits per heavy atom. The Labute approximate surface area is 102 Å². The summed E-state index contributed by atoms with van der Waals surface area (Å²) >= 11 is 0. The number of benzene rings is 1. The van der Waals surface area contributed by atoms with E-state index in [4.69, 9.17) is 4.74 Å². The standard InChI is InChI=1S/C12H9F2N3O/c1-15-11-10(14)6-16-12(17-11)18-7-8-2-4-9(13)5-3-8/h2-6H,1,7H2. The third kappa shape index (κ3) is 2.85. The molecule has 2 aromatic rings. The fourth-order valence-electron chi connectivity index (χ4n) is 1.25. The molecule has 18 heavy (non-hydrogen) atoms. The van der Waals surface area contributed by atoms with Gasteiger partial charge in [0.05, 0.1) is 6.20 Å². The van der Waals surface area contributed by atoms with Gasteiger partial charge in [-0.25, -0.2) is 18.8 Å². The monoisotopic (exact) mass is 249 g/mol. The second-order valence-corrected chi connectivity index (χ2v) is 3.40. The number of hydrogen-bond acceptors (Lipinski definition) is 4. The molecule has 0 saturated heterocycles. The molecule has 6 heteroatoms. The Bertz CT molecular complexity index is 558. The molecule has 0 aliphatic heterocycles. The van der Waals surface area contributed by atoms with Crippen molar-refractivity contribution in [2.24, 2.45) is 4.99 Å². The number of aromatic nitrogens is 2. The third-order valence-corrected chi connectivity index (χ3v) is 2.13. The van der Waals surface area contributed by atoms with Crippen LogP contribution in [0.5, 0.6) is 6.01 Å². The molecular formula is C12H9F2N3O. The normalized spacial score (nSPS) is 10.1. The van der Waals surface area contributed by atoms with E-state index >= 15 is 0 Å². The summed E-state index contributed by atoms with van der Waals surface area (Å²) in [5.74, 6) is -1.16. The predicted molar refractivity (Wildman–Crippen MR) is 61.9 cm³/mol. The molecule has 0 aliphatic rings. The summed E-state index contributed by atoms with van der Waals surface area (Å²) in [5.41, 5.74) is 0.748. The van der Waals surface area contributed by atoms with Gasteiger partial charge in [-0.1, -0.05) is 12.1 Å². The number of aliphatic imine (C=N–C) groups is 1. The van der Waals surface area contributed by atoms with Crippen molar-refractivity contribution in [2.75, 3.05) is 0 Å². The van der Waals surface area contributed by atoms with E-state index in [1.807, 2.05) is 0 Å². The average Bonchev–Trinajstić information content (AvgIpc) is 2.39. The number of halogens is 2. The van der Waals surface area contributed by atoms with Gasteiger partial charge in [-0.15, -0.1) is 0 Å². The lowest BCUT2D eigenvalue weighted by Crippen LogP contribution is -2.00. The molecule has 0 saturated carbocycles. The van der Waals surface area contributed by atoms with Crippen LogP contribution < -0.4 is 4.74 Å². The van der Waals surface area contributed by atoms with Gasteiger partial charge >= 0.3 is 6.01 Å². The van der Waals surface area contributed by atoms with Gasteiger partial charge in [0.2, 0.25) is 0 Å². The molecule has 0 bridgehead atoms. The van der Waals surface area contributed by atoms with Crippen molar-refractivity contribution in [3.8, 4) is 6.01 Å². The Morgan fingerprint density at radius 1 is 1.22 bits per heavy atom. The summed E-state index contributed by atoms with van der Waals surface area (Å²) in [4.78, 5) is 10.8. The first kappa shape index (κ1) is 12.1. The first-order chi connectivity index (χ1) is 8.69. The molecule has 1 heterocycles. The van der Waals surface area contributed by atoms with Gasteiger partial charge in [0, 0.05) is 0 Å². The van der Waals surface area contributed by atoms with Crippen molar-refractivity contribution in [3.05, 3.63) is 47.7 Å². The first-order valence-corrected chi connectivity index (χ1v) is 5.05. The lowest BCUT2D eigenvalue weighted by atomic mass is 10.2. The highest BCUT2D eigenvalue weighted by Gasteiger charge is 2.06. The molecule has 4 nitrogen and oxygen atoms in total. The maximum atomic E-state index is 13.0. The fraction of sp³-hybridized carbons (Fsp3) is 0.0833. The molecule has 92 valence electrons. The van der Waals surface area contributed by atoms with Gasteiger partial charge in [-0.2, -0.15) is 4.98 Å². The van der Waals surface area contributed by atoms with Crippen LogP contribution in [0.25, 0.3) is 0 Å². The molecule has 0 radical (unpaired) electrons. The molecule has 0 fully saturated rings. The van der Waals surface area contributed by atoms with Gasteiger partial charge < -0.3 is 4.74 Å². The summed E-state index contributed by atoms with van der Waals surface area (Å²) in [6.45, 7) is 3.34. The van der Waals surface area contributed by atoms with Crippen LogP contribution in [0.15, 0.2) is 35.5 Å². The molecule has 0 aliphatic carbocycles. The van der Waals surface area contributed by atoms with Crippen LogP contribution in [0.4, 0.5) is 14.6 Å². The third-order valence-electron chi connectivity index (χ3n) is 2.13. The second-order valence-electron chi connectivity index (χ2n) is 3.40. The SMILES string of the molecule is C=Nc1nc(OCc2ccc(F)cc2)ncc1F. The lowest BCUT2D eigenvalue weighted by Gasteiger charge is -2.04. The fourth-order valence-corrected chi connectivity index (χ4v) is 1.25. The largest absolute Gasteiger partial charge is 0.459 e. The highest BCUT2D eigenvalue weighted by Crippen LogP contribution is 2.16. The van der Waals surface area contributed by atoms with Crippen LogP contribution >= 0.6 is 0 Å². The summed E-state index contributed by atoms with van der Waals surface area (Å²) in [6, 6.07) is 5.78. The van der Waals surface area contributed by atoms with Crippen molar-refractivity contribution >= 4 is 12.5 Å².